The molecule has 0 bridgehead atoms. The third kappa shape index (κ3) is 2.06. The van der Waals surface area contributed by atoms with E-state index in [-0.39, 0.29) is 17.7 Å². The number of amides is 2. The van der Waals surface area contributed by atoms with Gasteiger partial charge in [-0.15, -0.1) is 0 Å². The first kappa shape index (κ1) is 11.1. The van der Waals surface area contributed by atoms with Crippen LogP contribution in [0.2, 0.25) is 0 Å². The summed E-state index contributed by atoms with van der Waals surface area (Å²) in [6, 6.07) is 0. The predicted octanol–water partition coefficient (Wildman–Crippen LogP) is 1.43. The van der Waals surface area contributed by atoms with Crippen LogP contribution < -0.4 is 0 Å². The van der Waals surface area contributed by atoms with Gasteiger partial charge in [0.25, 0.3) is 0 Å². The lowest BCUT2D eigenvalue weighted by molar-refractivity contribution is -0.138. The monoisotopic (exact) mass is 171 g/mol. The van der Waals surface area contributed by atoms with Crippen molar-refractivity contribution in [1.82, 2.24) is 4.90 Å². The largest absolute Gasteiger partial charge is 0.283 e. The summed E-state index contributed by atoms with van der Waals surface area (Å²) in [5.74, 6) is -0.139. The quantitative estimate of drug-likeness (QED) is 0.560. The van der Waals surface area contributed by atoms with Crippen molar-refractivity contribution in [2.24, 2.45) is 5.92 Å². The second-order valence-corrected chi connectivity index (χ2v) is 2.58. The first-order chi connectivity index (χ1) is 5.66. The molecule has 2 amide bonds. The maximum atomic E-state index is 11.1. The number of hydrogen-bond donors (Lipinski definition) is 0. The van der Waals surface area contributed by atoms with Crippen LogP contribution in [0.1, 0.15) is 34.1 Å². The first-order valence-electron chi connectivity index (χ1n) is 4.51. The molecule has 1 unspecified atom stereocenters. The lowest BCUT2D eigenvalue weighted by Crippen LogP contribution is -2.29. The zero-order valence-corrected chi connectivity index (χ0v) is 8.26. The van der Waals surface area contributed by atoms with Crippen molar-refractivity contribution in [3.05, 3.63) is 0 Å². The van der Waals surface area contributed by atoms with Crippen molar-refractivity contribution < 1.29 is 9.59 Å². The number of hydrogen-bond acceptors (Lipinski definition) is 2. The number of imide groups is 1. The van der Waals surface area contributed by atoms with Gasteiger partial charge in [-0.1, -0.05) is 20.8 Å². The third-order valence-electron chi connectivity index (χ3n) is 1.79. The van der Waals surface area contributed by atoms with E-state index in [1.54, 1.807) is 6.92 Å². The molecule has 1 heterocycles. The molecule has 0 aromatic carbocycles. The Hall–Kier alpha value is -0.860. The van der Waals surface area contributed by atoms with Crippen molar-refractivity contribution in [2.75, 3.05) is 6.54 Å². The number of carbonyl (C=O) groups excluding carboxylic acids is 2. The van der Waals surface area contributed by atoms with Crippen LogP contribution in [-0.4, -0.2) is 23.3 Å². The van der Waals surface area contributed by atoms with Crippen LogP contribution in [0, 0.1) is 5.92 Å². The van der Waals surface area contributed by atoms with E-state index >= 15 is 0 Å². The van der Waals surface area contributed by atoms with E-state index in [1.807, 2.05) is 20.8 Å². The lowest BCUT2D eigenvalue weighted by atomic mass is 10.1. The molecule has 1 aliphatic heterocycles. The minimum atomic E-state index is -0.0903. The number of carbonyl (C=O) groups is 2. The van der Waals surface area contributed by atoms with Crippen LogP contribution in [-0.2, 0) is 9.59 Å². The van der Waals surface area contributed by atoms with Gasteiger partial charge in [0.05, 0.1) is 0 Å². The molecule has 1 atom stereocenters. The van der Waals surface area contributed by atoms with Crippen molar-refractivity contribution in [3.8, 4) is 0 Å². The smallest absolute Gasteiger partial charge is 0.232 e. The third-order valence-corrected chi connectivity index (χ3v) is 1.79. The van der Waals surface area contributed by atoms with Crippen LogP contribution in [0.25, 0.3) is 0 Å². The highest BCUT2D eigenvalue weighted by Gasteiger charge is 2.33. The molecule has 3 nitrogen and oxygen atoms in total. The molecule has 1 saturated heterocycles. The predicted molar refractivity (Wildman–Crippen MR) is 47.5 cm³/mol. The summed E-state index contributed by atoms with van der Waals surface area (Å²) in [5.41, 5.74) is 0. The summed E-state index contributed by atoms with van der Waals surface area (Å²) in [7, 11) is 0. The van der Waals surface area contributed by atoms with E-state index in [2.05, 4.69) is 0 Å². The topological polar surface area (TPSA) is 37.4 Å². The van der Waals surface area contributed by atoms with Gasteiger partial charge in [0.2, 0.25) is 11.8 Å². The Morgan fingerprint density at radius 3 is 2.08 bits per heavy atom. The van der Waals surface area contributed by atoms with Gasteiger partial charge in [0.1, 0.15) is 0 Å². The van der Waals surface area contributed by atoms with E-state index in [0.717, 1.165) is 0 Å². The molecule has 0 spiro atoms. The maximum Gasteiger partial charge on any atom is 0.232 e. The summed E-state index contributed by atoms with van der Waals surface area (Å²) >= 11 is 0. The second kappa shape index (κ2) is 4.91. The van der Waals surface area contributed by atoms with Gasteiger partial charge in [-0.3, -0.25) is 14.5 Å². The van der Waals surface area contributed by atoms with E-state index in [9.17, 15) is 9.59 Å². The maximum absolute atomic E-state index is 11.1. The zero-order chi connectivity index (χ0) is 9.72. The molecule has 70 valence electrons. The summed E-state index contributed by atoms with van der Waals surface area (Å²) in [6.45, 7) is 8.12. The minimum Gasteiger partial charge on any atom is -0.283 e. The average molecular weight is 171 g/mol. The molecule has 0 radical (unpaired) electrons. The van der Waals surface area contributed by atoms with Crippen molar-refractivity contribution in [2.45, 2.75) is 34.1 Å². The van der Waals surface area contributed by atoms with Gasteiger partial charge in [-0.05, 0) is 6.92 Å². The second-order valence-electron chi connectivity index (χ2n) is 2.58. The summed E-state index contributed by atoms with van der Waals surface area (Å²) < 4.78 is 0. The molecular weight excluding hydrogens is 154 g/mol. The highest BCUT2D eigenvalue weighted by molar-refractivity contribution is 6.03. The van der Waals surface area contributed by atoms with Crippen molar-refractivity contribution in [1.29, 1.82) is 0 Å². The lowest BCUT2D eigenvalue weighted by Gasteiger charge is -2.09. The Morgan fingerprint density at radius 1 is 1.42 bits per heavy atom. The Kier molecular flexibility index (Phi) is 4.55. The molecule has 12 heavy (non-hydrogen) atoms. The van der Waals surface area contributed by atoms with Gasteiger partial charge < -0.3 is 0 Å². The van der Waals surface area contributed by atoms with Crippen LogP contribution in [0.5, 0.6) is 0 Å². The fourth-order valence-corrected chi connectivity index (χ4v) is 1.18. The molecule has 3 heteroatoms. The molecule has 1 fully saturated rings. The Bertz CT molecular complexity index is 177. The van der Waals surface area contributed by atoms with Crippen molar-refractivity contribution >= 4 is 11.8 Å². The van der Waals surface area contributed by atoms with E-state index in [4.69, 9.17) is 0 Å². The van der Waals surface area contributed by atoms with E-state index in [0.29, 0.717) is 13.0 Å². The Balaban J connectivity index is 0.000000561. The van der Waals surface area contributed by atoms with Crippen LogP contribution >= 0.6 is 0 Å². The molecule has 0 N–H and O–H groups in total. The first-order valence-corrected chi connectivity index (χ1v) is 4.51. The highest BCUT2D eigenvalue weighted by Crippen LogP contribution is 2.17. The standard InChI is InChI=1S/C7H11NO2.C2H6/c1-3-8-6(9)4-5(2)7(8)10;1-2/h5H,3-4H2,1-2H3;1-2H3. The normalized spacial score (nSPS) is 22.3. The van der Waals surface area contributed by atoms with E-state index < -0.39 is 0 Å². The summed E-state index contributed by atoms with van der Waals surface area (Å²) in [4.78, 5) is 23.3. The summed E-state index contributed by atoms with van der Waals surface area (Å²) in [5, 5.41) is 0. The van der Waals surface area contributed by atoms with Gasteiger partial charge in [0.15, 0.2) is 0 Å². The van der Waals surface area contributed by atoms with Gasteiger partial charge in [0, 0.05) is 18.9 Å². The molecule has 1 aliphatic rings. The van der Waals surface area contributed by atoms with Crippen molar-refractivity contribution in [3.63, 3.8) is 0 Å². The number of rotatable bonds is 1. The zero-order valence-electron chi connectivity index (χ0n) is 8.26. The van der Waals surface area contributed by atoms with Crippen LogP contribution in [0.4, 0.5) is 0 Å². The minimum absolute atomic E-state index is 0.0208. The van der Waals surface area contributed by atoms with Gasteiger partial charge in [-0.2, -0.15) is 0 Å². The van der Waals surface area contributed by atoms with Gasteiger partial charge >= 0.3 is 0 Å². The molecule has 0 aromatic heterocycles. The summed E-state index contributed by atoms with van der Waals surface area (Å²) in [6.07, 6.45) is 0.396. The number of likely N-dealkylation sites (tertiary alicyclic amines) is 1. The fraction of sp³-hybridized carbons (Fsp3) is 0.778. The van der Waals surface area contributed by atoms with Crippen LogP contribution in [0.15, 0.2) is 0 Å². The number of nitrogens with zero attached hydrogens (tertiary/aromatic N) is 1. The highest BCUT2D eigenvalue weighted by atomic mass is 16.2. The SMILES string of the molecule is CC.CCN1C(=O)CC(C)C1=O. The Morgan fingerprint density at radius 2 is 1.92 bits per heavy atom. The molecule has 0 aromatic rings. The Labute approximate surface area is 73.7 Å². The molecule has 0 aliphatic carbocycles. The van der Waals surface area contributed by atoms with Crippen LogP contribution in [0.3, 0.4) is 0 Å². The van der Waals surface area contributed by atoms with Gasteiger partial charge in [-0.25, -0.2) is 0 Å². The average Bonchev–Trinajstić information content (AvgIpc) is 2.31. The molecule has 0 saturated carbocycles. The molecule has 1 rings (SSSR count). The molecular formula is C9H17NO2. The fourth-order valence-electron chi connectivity index (χ4n) is 1.18. The van der Waals surface area contributed by atoms with E-state index in [1.165, 1.54) is 4.90 Å².